The maximum absolute atomic E-state index is 12.3. The summed E-state index contributed by atoms with van der Waals surface area (Å²) in [4.78, 5) is 36.0. The van der Waals surface area contributed by atoms with E-state index in [2.05, 4.69) is 5.32 Å². The molecule has 2 N–H and O–H groups in total. The number of aryl methyl sites for hydroxylation is 1. The lowest BCUT2D eigenvalue weighted by atomic mass is 9.98. The lowest BCUT2D eigenvalue weighted by Gasteiger charge is -2.19. The van der Waals surface area contributed by atoms with Crippen LogP contribution < -0.4 is 5.32 Å². The van der Waals surface area contributed by atoms with Crippen LogP contribution in [0.1, 0.15) is 24.5 Å². The van der Waals surface area contributed by atoms with Gasteiger partial charge < -0.3 is 10.4 Å². The van der Waals surface area contributed by atoms with Gasteiger partial charge in [-0.15, -0.1) is 0 Å². The summed E-state index contributed by atoms with van der Waals surface area (Å²) in [6.45, 7) is 3.47. The molecule has 106 valence electrons. The Morgan fingerprint density at radius 3 is 2.60 bits per heavy atom. The molecule has 0 bridgehead atoms. The summed E-state index contributed by atoms with van der Waals surface area (Å²) >= 11 is 0. The average molecular weight is 276 g/mol. The van der Waals surface area contributed by atoms with Gasteiger partial charge in [-0.2, -0.15) is 0 Å². The van der Waals surface area contributed by atoms with Gasteiger partial charge in [-0.25, -0.2) is 4.79 Å². The molecule has 1 aliphatic rings. The molecule has 0 aromatic heterocycles. The molecule has 1 aromatic rings. The van der Waals surface area contributed by atoms with E-state index in [4.69, 9.17) is 5.11 Å². The molecule has 2 rings (SSSR count). The van der Waals surface area contributed by atoms with Crippen LogP contribution in [0.3, 0.4) is 0 Å². The van der Waals surface area contributed by atoms with Crippen LogP contribution in [0.2, 0.25) is 0 Å². The van der Waals surface area contributed by atoms with Gasteiger partial charge >= 0.3 is 12.0 Å². The minimum atomic E-state index is -1.37. The van der Waals surface area contributed by atoms with Gasteiger partial charge in [0.15, 0.2) is 0 Å². The topological polar surface area (TPSA) is 86.7 Å². The Hall–Kier alpha value is -2.37. The lowest BCUT2D eigenvalue weighted by Crippen LogP contribution is -2.45. The number of nitrogens with zero attached hydrogens (tertiary/aromatic N) is 1. The maximum atomic E-state index is 12.3. The monoisotopic (exact) mass is 276 g/mol. The SMILES string of the molecule is Cc1ccccc1CN1C(=O)NC(C)(CC(=O)O)C1=O. The molecule has 20 heavy (non-hydrogen) atoms. The fourth-order valence-corrected chi connectivity index (χ4v) is 2.27. The van der Waals surface area contributed by atoms with Gasteiger partial charge in [-0.3, -0.25) is 14.5 Å². The van der Waals surface area contributed by atoms with Crippen LogP contribution in [0.4, 0.5) is 4.79 Å². The Labute approximate surface area is 116 Å². The van der Waals surface area contributed by atoms with Crippen molar-refractivity contribution in [3.63, 3.8) is 0 Å². The number of carboxylic acid groups (broad SMARTS) is 1. The van der Waals surface area contributed by atoms with Crippen LogP contribution in [0, 0.1) is 6.92 Å². The molecular formula is C14H16N2O4. The van der Waals surface area contributed by atoms with Crippen LogP contribution in [0.5, 0.6) is 0 Å². The van der Waals surface area contributed by atoms with Gasteiger partial charge in [0.2, 0.25) is 0 Å². The Balaban J connectivity index is 2.22. The van der Waals surface area contributed by atoms with Crippen LogP contribution in [0.25, 0.3) is 0 Å². The maximum Gasteiger partial charge on any atom is 0.325 e. The second-order valence-electron chi connectivity index (χ2n) is 5.15. The third-order valence-electron chi connectivity index (χ3n) is 3.44. The molecular weight excluding hydrogens is 260 g/mol. The fourth-order valence-electron chi connectivity index (χ4n) is 2.27. The number of hydrogen-bond donors (Lipinski definition) is 2. The molecule has 6 nitrogen and oxygen atoms in total. The highest BCUT2D eigenvalue weighted by Gasteiger charge is 2.48. The number of rotatable bonds is 4. The van der Waals surface area contributed by atoms with Gasteiger partial charge in [-0.05, 0) is 25.0 Å². The van der Waals surface area contributed by atoms with Crippen molar-refractivity contribution in [2.24, 2.45) is 0 Å². The van der Waals surface area contributed by atoms with Gasteiger partial charge in [0.1, 0.15) is 5.54 Å². The predicted octanol–water partition coefficient (Wildman–Crippen LogP) is 1.28. The van der Waals surface area contributed by atoms with Crippen LogP contribution in [-0.4, -0.2) is 33.5 Å². The Kier molecular flexibility index (Phi) is 3.48. The molecule has 6 heteroatoms. The standard InChI is InChI=1S/C14H16N2O4/c1-9-5-3-4-6-10(9)8-16-12(19)14(2,7-11(17)18)15-13(16)20/h3-6H,7-8H2,1-2H3,(H,15,20)(H,17,18). The number of carbonyl (C=O) groups is 3. The van der Waals surface area contributed by atoms with Crippen molar-refractivity contribution >= 4 is 17.9 Å². The van der Waals surface area contributed by atoms with E-state index in [1.807, 2.05) is 31.2 Å². The summed E-state index contributed by atoms with van der Waals surface area (Å²) < 4.78 is 0. The zero-order valence-corrected chi connectivity index (χ0v) is 11.3. The van der Waals surface area contributed by atoms with Crippen molar-refractivity contribution in [1.29, 1.82) is 0 Å². The number of aliphatic carboxylic acids is 1. The van der Waals surface area contributed by atoms with Gasteiger partial charge in [0.05, 0.1) is 13.0 Å². The number of imide groups is 1. The summed E-state index contributed by atoms with van der Waals surface area (Å²) in [5.74, 6) is -1.63. The number of carbonyl (C=O) groups excluding carboxylic acids is 2. The van der Waals surface area contributed by atoms with E-state index < -0.39 is 29.9 Å². The number of nitrogens with one attached hydrogen (secondary N) is 1. The van der Waals surface area contributed by atoms with Gasteiger partial charge in [-0.1, -0.05) is 24.3 Å². The number of amides is 3. The average Bonchev–Trinajstić information content (AvgIpc) is 2.54. The Morgan fingerprint density at radius 2 is 2.00 bits per heavy atom. The van der Waals surface area contributed by atoms with Crippen molar-refractivity contribution in [3.05, 3.63) is 35.4 Å². The molecule has 0 saturated carbocycles. The summed E-state index contributed by atoms with van der Waals surface area (Å²) in [5, 5.41) is 11.3. The smallest absolute Gasteiger partial charge is 0.325 e. The molecule has 0 radical (unpaired) electrons. The highest BCUT2D eigenvalue weighted by Crippen LogP contribution is 2.23. The fraction of sp³-hybridized carbons (Fsp3) is 0.357. The Morgan fingerprint density at radius 1 is 1.35 bits per heavy atom. The first-order valence-electron chi connectivity index (χ1n) is 6.24. The van der Waals surface area contributed by atoms with E-state index in [1.165, 1.54) is 6.92 Å². The molecule has 1 aliphatic heterocycles. The number of benzene rings is 1. The summed E-state index contributed by atoms with van der Waals surface area (Å²) in [5.41, 5.74) is 0.460. The van der Waals surface area contributed by atoms with Crippen molar-refractivity contribution in [2.45, 2.75) is 32.4 Å². The molecule has 0 spiro atoms. The molecule has 1 unspecified atom stereocenters. The minimum Gasteiger partial charge on any atom is -0.481 e. The molecule has 1 aromatic carbocycles. The summed E-state index contributed by atoms with van der Waals surface area (Å²) in [6, 6.07) is 6.88. The summed E-state index contributed by atoms with van der Waals surface area (Å²) in [7, 11) is 0. The predicted molar refractivity (Wildman–Crippen MR) is 70.9 cm³/mol. The number of urea groups is 1. The van der Waals surface area contributed by atoms with Crippen LogP contribution >= 0.6 is 0 Å². The van der Waals surface area contributed by atoms with Gasteiger partial charge in [0.25, 0.3) is 5.91 Å². The third kappa shape index (κ3) is 2.49. The summed E-state index contributed by atoms with van der Waals surface area (Å²) in [6.07, 6.45) is -0.429. The lowest BCUT2D eigenvalue weighted by molar-refractivity contribution is -0.142. The van der Waals surface area contributed by atoms with E-state index in [9.17, 15) is 14.4 Å². The molecule has 3 amide bonds. The highest BCUT2D eigenvalue weighted by atomic mass is 16.4. The number of carboxylic acids is 1. The van der Waals surface area contributed by atoms with Crippen molar-refractivity contribution in [2.75, 3.05) is 0 Å². The normalized spacial score (nSPS) is 22.0. The van der Waals surface area contributed by atoms with E-state index >= 15 is 0 Å². The number of hydrogen-bond acceptors (Lipinski definition) is 3. The second kappa shape index (κ2) is 4.96. The zero-order chi connectivity index (χ0) is 14.9. The largest absolute Gasteiger partial charge is 0.481 e. The van der Waals surface area contributed by atoms with Crippen LogP contribution in [-0.2, 0) is 16.1 Å². The van der Waals surface area contributed by atoms with E-state index in [0.29, 0.717) is 0 Å². The quantitative estimate of drug-likeness (QED) is 0.811. The Bertz CT molecular complexity index is 584. The van der Waals surface area contributed by atoms with Crippen molar-refractivity contribution < 1.29 is 19.5 Å². The first-order valence-corrected chi connectivity index (χ1v) is 6.24. The van der Waals surface area contributed by atoms with Gasteiger partial charge in [0, 0.05) is 0 Å². The van der Waals surface area contributed by atoms with Crippen LogP contribution in [0.15, 0.2) is 24.3 Å². The van der Waals surface area contributed by atoms with Crippen molar-refractivity contribution in [1.82, 2.24) is 10.2 Å². The molecule has 0 aliphatic carbocycles. The molecule has 1 heterocycles. The highest BCUT2D eigenvalue weighted by molar-refractivity contribution is 6.08. The molecule has 1 atom stereocenters. The molecule has 1 fully saturated rings. The second-order valence-corrected chi connectivity index (χ2v) is 5.15. The van der Waals surface area contributed by atoms with Crippen molar-refractivity contribution in [3.8, 4) is 0 Å². The first-order chi connectivity index (χ1) is 9.33. The molecule has 1 saturated heterocycles. The van der Waals surface area contributed by atoms with E-state index in [1.54, 1.807) is 0 Å². The van der Waals surface area contributed by atoms with E-state index in [-0.39, 0.29) is 6.54 Å². The zero-order valence-electron chi connectivity index (χ0n) is 11.3. The minimum absolute atomic E-state index is 0.145. The first kappa shape index (κ1) is 14.0. The third-order valence-corrected chi connectivity index (χ3v) is 3.44. The van der Waals surface area contributed by atoms with E-state index in [0.717, 1.165) is 16.0 Å².